The maximum absolute atomic E-state index is 11.6. The summed E-state index contributed by atoms with van der Waals surface area (Å²) in [5.41, 5.74) is 0. The van der Waals surface area contributed by atoms with Crippen LogP contribution in [0.15, 0.2) is 11.6 Å². The van der Waals surface area contributed by atoms with Crippen LogP contribution in [0.3, 0.4) is 0 Å². The standard InChI is InChI=1S/C7H14BrO4P/c1-4-12-7(5-8)6-13(9,10-2)11-3/h6H,4-5H2,1-3H3/b7-6-. The molecule has 0 heterocycles. The lowest BCUT2D eigenvalue weighted by atomic mass is 10.6. The Hall–Kier alpha value is 0.170. The van der Waals surface area contributed by atoms with Gasteiger partial charge < -0.3 is 13.8 Å². The van der Waals surface area contributed by atoms with Crippen LogP contribution in [0.5, 0.6) is 0 Å². The van der Waals surface area contributed by atoms with Crippen molar-refractivity contribution in [2.45, 2.75) is 6.92 Å². The molecule has 0 bridgehead atoms. The largest absolute Gasteiger partial charge is 0.497 e. The van der Waals surface area contributed by atoms with Crippen LogP contribution in [0.25, 0.3) is 0 Å². The summed E-state index contributed by atoms with van der Waals surface area (Å²) in [6.45, 7) is 2.37. The molecule has 0 N–H and O–H groups in total. The van der Waals surface area contributed by atoms with Gasteiger partial charge in [-0.2, -0.15) is 0 Å². The summed E-state index contributed by atoms with van der Waals surface area (Å²) < 4.78 is 26.2. The first-order valence-corrected chi connectivity index (χ1v) is 6.47. The SMILES string of the molecule is CCO/C(=C\P(=O)(OC)OC)CBr. The smallest absolute Gasteiger partial charge is 0.357 e. The predicted molar refractivity (Wildman–Crippen MR) is 55.1 cm³/mol. The van der Waals surface area contributed by atoms with Crippen molar-refractivity contribution in [3.8, 4) is 0 Å². The van der Waals surface area contributed by atoms with Gasteiger partial charge in [0.15, 0.2) is 0 Å². The van der Waals surface area contributed by atoms with E-state index in [4.69, 9.17) is 13.8 Å². The maximum atomic E-state index is 11.6. The average molecular weight is 273 g/mol. The summed E-state index contributed by atoms with van der Waals surface area (Å²) in [6.07, 6.45) is 0. The first kappa shape index (κ1) is 13.2. The third kappa shape index (κ3) is 4.81. The Kier molecular flexibility index (Phi) is 6.68. The zero-order chi connectivity index (χ0) is 10.3. The first-order chi connectivity index (χ1) is 6.11. The summed E-state index contributed by atoms with van der Waals surface area (Å²) in [4.78, 5) is 0. The van der Waals surface area contributed by atoms with Gasteiger partial charge in [0.25, 0.3) is 0 Å². The van der Waals surface area contributed by atoms with Gasteiger partial charge in [-0.05, 0) is 6.92 Å². The molecule has 0 atom stereocenters. The first-order valence-electron chi connectivity index (χ1n) is 3.73. The van der Waals surface area contributed by atoms with Crippen LogP contribution < -0.4 is 0 Å². The quantitative estimate of drug-likeness (QED) is 0.424. The van der Waals surface area contributed by atoms with Gasteiger partial charge in [0.1, 0.15) is 5.76 Å². The molecular formula is C7H14BrO4P. The van der Waals surface area contributed by atoms with Gasteiger partial charge in [0, 0.05) is 14.2 Å². The molecule has 0 aromatic rings. The fraction of sp³-hybridized carbons (Fsp3) is 0.714. The van der Waals surface area contributed by atoms with Gasteiger partial charge >= 0.3 is 7.60 Å². The Bertz CT molecular complexity index is 209. The third-order valence-corrected chi connectivity index (χ3v) is 3.45. The maximum Gasteiger partial charge on any atom is 0.357 e. The lowest BCUT2D eigenvalue weighted by molar-refractivity contribution is 0.231. The fourth-order valence-electron chi connectivity index (χ4n) is 0.652. The number of hydrogen-bond donors (Lipinski definition) is 0. The zero-order valence-corrected chi connectivity index (χ0v) is 10.4. The van der Waals surface area contributed by atoms with Gasteiger partial charge in [-0.3, -0.25) is 4.57 Å². The van der Waals surface area contributed by atoms with Gasteiger partial charge in [0.05, 0.1) is 17.8 Å². The Labute approximate surface area is 86.9 Å². The number of alkyl halides is 1. The molecule has 0 spiro atoms. The van der Waals surface area contributed by atoms with Crippen LogP contribution >= 0.6 is 23.5 Å². The molecule has 6 heteroatoms. The second-order valence-corrected chi connectivity index (χ2v) is 4.70. The van der Waals surface area contributed by atoms with E-state index in [0.29, 0.717) is 17.7 Å². The van der Waals surface area contributed by atoms with Crippen molar-refractivity contribution in [3.05, 3.63) is 11.6 Å². The van der Waals surface area contributed by atoms with Crippen LogP contribution in [0, 0.1) is 0 Å². The molecule has 0 aliphatic rings. The van der Waals surface area contributed by atoms with E-state index in [1.54, 1.807) is 0 Å². The van der Waals surface area contributed by atoms with Crippen LogP contribution in [0.4, 0.5) is 0 Å². The van der Waals surface area contributed by atoms with Crippen molar-refractivity contribution >= 4 is 23.5 Å². The molecule has 13 heavy (non-hydrogen) atoms. The van der Waals surface area contributed by atoms with Crippen LogP contribution in [0.1, 0.15) is 6.92 Å². The molecule has 0 fully saturated rings. The summed E-state index contributed by atoms with van der Waals surface area (Å²) in [6, 6.07) is 0. The summed E-state index contributed by atoms with van der Waals surface area (Å²) >= 11 is 3.20. The Morgan fingerprint density at radius 2 is 2.00 bits per heavy atom. The molecule has 0 rings (SSSR count). The Morgan fingerprint density at radius 1 is 1.46 bits per heavy atom. The van der Waals surface area contributed by atoms with Crippen molar-refractivity contribution in [3.63, 3.8) is 0 Å². The highest BCUT2D eigenvalue weighted by Crippen LogP contribution is 2.49. The highest BCUT2D eigenvalue weighted by atomic mass is 79.9. The lowest BCUT2D eigenvalue weighted by Crippen LogP contribution is -1.94. The van der Waals surface area contributed by atoms with E-state index < -0.39 is 7.60 Å². The van der Waals surface area contributed by atoms with E-state index in [1.165, 1.54) is 20.0 Å². The third-order valence-electron chi connectivity index (χ3n) is 1.27. The van der Waals surface area contributed by atoms with Gasteiger partial charge in [-0.1, -0.05) is 15.9 Å². The molecular weight excluding hydrogens is 259 g/mol. The minimum Gasteiger partial charge on any atom is -0.497 e. The van der Waals surface area contributed by atoms with Crippen molar-refractivity contribution in [2.75, 3.05) is 26.2 Å². The second kappa shape index (κ2) is 6.60. The number of ether oxygens (including phenoxy) is 1. The number of halogens is 1. The van der Waals surface area contributed by atoms with E-state index in [9.17, 15) is 4.57 Å². The monoisotopic (exact) mass is 272 g/mol. The van der Waals surface area contributed by atoms with Crippen molar-refractivity contribution in [1.82, 2.24) is 0 Å². The summed E-state index contributed by atoms with van der Waals surface area (Å²) in [7, 11) is -0.437. The fourth-order valence-corrected chi connectivity index (χ4v) is 2.10. The second-order valence-electron chi connectivity index (χ2n) is 2.07. The molecule has 0 aliphatic heterocycles. The molecule has 0 unspecified atom stereocenters. The van der Waals surface area contributed by atoms with E-state index in [-0.39, 0.29) is 0 Å². The molecule has 0 saturated heterocycles. The van der Waals surface area contributed by atoms with Crippen LogP contribution in [-0.2, 0) is 18.3 Å². The highest BCUT2D eigenvalue weighted by Gasteiger charge is 2.18. The molecule has 0 aliphatic carbocycles. The number of hydrogen-bond acceptors (Lipinski definition) is 4. The van der Waals surface area contributed by atoms with Gasteiger partial charge in [-0.25, -0.2) is 0 Å². The highest BCUT2D eigenvalue weighted by molar-refractivity contribution is 9.09. The Balaban J connectivity index is 4.54. The minimum absolute atomic E-state index is 0.484. The molecule has 0 amide bonds. The van der Waals surface area contributed by atoms with Gasteiger partial charge in [-0.15, -0.1) is 0 Å². The summed E-state index contributed by atoms with van der Waals surface area (Å²) in [5, 5.41) is 0.484. The molecule has 0 aromatic carbocycles. The zero-order valence-electron chi connectivity index (χ0n) is 7.95. The molecule has 4 nitrogen and oxygen atoms in total. The summed E-state index contributed by atoms with van der Waals surface area (Å²) in [5.74, 6) is 1.92. The molecule has 0 radical (unpaired) electrons. The lowest BCUT2D eigenvalue weighted by Gasteiger charge is -2.11. The topological polar surface area (TPSA) is 44.8 Å². The van der Waals surface area contributed by atoms with E-state index in [1.807, 2.05) is 6.92 Å². The van der Waals surface area contributed by atoms with Crippen molar-refractivity contribution < 1.29 is 18.3 Å². The van der Waals surface area contributed by atoms with Crippen molar-refractivity contribution in [1.29, 1.82) is 0 Å². The van der Waals surface area contributed by atoms with Crippen LogP contribution in [0.2, 0.25) is 0 Å². The normalized spacial score (nSPS) is 13.1. The van der Waals surface area contributed by atoms with Crippen LogP contribution in [-0.4, -0.2) is 26.2 Å². The minimum atomic E-state index is -3.10. The number of rotatable bonds is 6. The van der Waals surface area contributed by atoms with E-state index in [0.717, 1.165) is 0 Å². The Morgan fingerprint density at radius 3 is 2.31 bits per heavy atom. The van der Waals surface area contributed by atoms with Gasteiger partial charge in [0.2, 0.25) is 0 Å². The van der Waals surface area contributed by atoms with E-state index >= 15 is 0 Å². The predicted octanol–water partition coefficient (Wildman–Crippen LogP) is 2.75. The molecule has 0 aromatic heterocycles. The molecule has 0 saturated carbocycles. The van der Waals surface area contributed by atoms with Crippen molar-refractivity contribution in [2.24, 2.45) is 0 Å². The molecule has 78 valence electrons. The number of allylic oxidation sites excluding steroid dienone is 1. The average Bonchev–Trinajstić information content (AvgIpc) is 2.17. The van der Waals surface area contributed by atoms with E-state index in [2.05, 4.69) is 15.9 Å².